The summed E-state index contributed by atoms with van der Waals surface area (Å²) in [5.74, 6) is 0.208. The fraction of sp³-hybridized carbons (Fsp3) is 0.222. The van der Waals surface area contributed by atoms with E-state index >= 15 is 0 Å². The Labute approximate surface area is 146 Å². The molecule has 2 aromatic carbocycles. The van der Waals surface area contributed by atoms with Gasteiger partial charge in [0.1, 0.15) is 12.3 Å². The minimum Gasteiger partial charge on any atom is -0.497 e. The number of ether oxygens (including phenoxy) is 1. The zero-order valence-electron chi connectivity index (χ0n) is 13.6. The fourth-order valence-electron chi connectivity index (χ4n) is 2.18. The third kappa shape index (κ3) is 4.73. The van der Waals surface area contributed by atoms with Crippen LogP contribution in [0.5, 0.6) is 5.75 Å². The molecule has 0 saturated carbocycles. The van der Waals surface area contributed by atoms with E-state index in [-0.39, 0.29) is 18.4 Å². The SMILES string of the molecule is COc1ccc(N(CC(=O)NCc2ccccc2Cl)C(C)=O)cc1. The number of anilines is 1. The molecule has 0 unspecified atom stereocenters. The summed E-state index contributed by atoms with van der Waals surface area (Å²) < 4.78 is 5.09. The normalized spacial score (nSPS) is 10.1. The molecule has 2 aromatic rings. The van der Waals surface area contributed by atoms with Crippen molar-refractivity contribution in [1.29, 1.82) is 0 Å². The van der Waals surface area contributed by atoms with E-state index in [1.165, 1.54) is 11.8 Å². The number of amides is 2. The predicted octanol–water partition coefficient (Wildman–Crippen LogP) is 3.02. The molecule has 0 aliphatic carbocycles. The highest BCUT2D eigenvalue weighted by atomic mass is 35.5. The van der Waals surface area contributed by atoms with Gasteiger partial charge in [-0.15, -0.1) is 0 Å². The lowest BCUT2D eigenvalue weighted by molar-refractivity contribution is -0.123. The van der Waals surface area contributed by atoms with Gasteiger partial charge in [0.25, 0.3) is 0 Å². The monoisotopic (exact) mass is 346 g/mol. The lowest BCUT2D eigenvalue weighted by atomic mass is 10.2. The Morgan fingerprint density at radius 3 is 2.38 bits per heavy atom. The quantitative estimate of drug-likeness (QED) is 0.874. The van der Waals surface area contributed by atoms with Crippen LogP contribution in [0.4, 0.5) is 5.69 Å². The van der Waals surface area contributed by atoms with E-state index in [1.807, 2.05) is 18.2 Å². The molecule has 0 atom stereocenters. The largest absolute Gasteiger partial charge is 0.497 e. The summed E-state index contributed by atoms with van der Waals surface area (Å²) in [6.45, 7) is 1.67. The first-order chi connectivity index (χ1) is 11.5. The highest BCUT2D eigenvalue weighted by molar-refractivity contribution is 6.31. The first-order valence-electron chi connectivity index (χ1n) is 7.43. The van der Waals surface area contributed by atoms with Gasteiger partial charge in [-0.1, -0.05) is 29.8 Å². The van der Waals surface area contributed by atoms with Crippen molar-refractivity contribution in [2.45, 2.75) is 13.5 Å². The average molecular weight is 347 g/mol. The van der Waals surface area contributed by atoms with Crippen LogP contribution < -0.4 is 15.0 Å². The van der Waals surface area contributed by atoms with Crippen LogP contribution in [0, 0.1) is 0 Å². The van der Waals surface area contributed by atoms with Crippen LogP contribution in [-0.2, 0) is 16.1 Å². The maximum absolute atomic E-state index is 12.2. The number of rotatable bonds is 6. The second kappa shape index (κ2) is 8.36. The molecular formula is C18H19ClN2O3. The van der Waals surface area contributed by atoms with Crippen molar-refractivity contribution in [3.05, 3.63) is 59.1 Å². The molecule has 126 valence electrons. The average Bonchev–Trinajstić information content (AvgIpc) is 2.59. The van der Waals surface area contributed by atoms with Gasteiger partial charge in [0.05, 0.1) is 7.11 Å². The van der Waals surface area contributed by atoms with Crippen molar-refractivity contribution in [3.63, 3.8) is 0 Å². The van der Waals surface area contributed by atoms with Crippen LogP contribution in [-0.4, -0.2) is 25.5 Å². The Kier molecular flexibility index (Phi) is 6.21. The molecule has 0 aliphatic rings. The Hall–Kier alpha value is -2.53. The maximum Gasteiger partial charge on any atom is 0.240 e. The minimum absolute atomic E-state index is 0.0634. The zero-order chi connectivity index (χ0) is 17.5. The first-order valence-corrected chi connectivity index (χ1v) is 7.81. The van der Waals surface area contributed by atoms with E-state index in [0.717, 1.165) is 5.56 Å². The minimum atomic E-state index is -0.263. The number of carbonyl (C=O) groups is 2. The van der Waals surface area contributed by atoms with Crippen LogP contribution in [0.1, 0.15) is 12.5 Å². The fourth-order valence-corrected chi connectivity index (χ4v) is 2.38. The number of carbonyl (C=O) groups excluding carboxylic acids is 2. The smallest absolute Gasteiger partial charge is 0.240 e. The van der Waals surface area contributed by atoms with E-state index in [2.05, 4.69) is 5.32 Å². The van der Waals surface area contributed by atoms with E-state index in [1.54, 1.807) is 37.4 Å². The number of methoxy groups -OCH3 is 1. The summed E-state index contributed by atoms with van der Waals surface area (Å²) >= 11 is 6.06. The third-order valence-electron chi connectivity index (χ3n) is 3.50. The molecule has 1 N–H and O–H groups in total. The molecule has 6 heteroatoms. The lowest BCUT2D eigenvalue weighted by Crippen LogP contribution is -2.39. The number of nitrogens with zero attached hydrogens (tertiary/aromatic N) is 1. The summed E-state index contributed by atoms with van der Waals surface area (Å²) in [5, 5.41) is 3.37. The number of hydrogen-bond donors (Lipinski definition) is 1. The van der Waals surface area contributed by atoms with Crippen molar-refractivity contribution in [2.75, 3.05) is 18.6 Å². The molecular weight excluding hydrogens is 328 g/mol. The van der Waals surface area contributed by atoms with Crippen molar-refractivity contribution >= 4 is 29.1 Å². The molecule has 2 amide bonds. The second-order valence-electron chi connectivity index (χ2n) is 5.17. The lowest BCUT2D eigenvalue weighted by Gasteiger charge is -2.21. The van der Waals surface area contributed by atoms with Gasteiger partial charge in [-0.2, -0.15) is 0 Å². The standard InChI is InChI=1S/C18H19ClN2O3/c1-13(22)21(15-7-9-16(24-2)10-8-15)12-18(23)20-11-14-5-3-4-6-17(14)19/h3-10H,11-12H2,1-2H3,(H,20,23). The molecule has 0 aliphatic heterocycles. The Morgan fingerprint density at radius 1 is 1.12 bits per heavy atom. The Balaban J connectivity index is 2.00. The van der Waals surface area contributed by atoms with Gasteiger partial charge in [-0.3, -0.25) is 9.59 Å². The van der Waals surface area contributed by atoms with E-state index in [0.29, 0.717) is 23.0 Å². The number of halogens is 1. The summed E-state index contributed by atoms with van der Waals surface area (Å²) in [7, 11) is 1.57. The molecule has 0 spiro atoms. The van der Waals surface area contributed by atoms with Crippen molar-refractivity contribution in [1.82, 2.24) is 5.32 Å². The topological polar surface area (TPSA) is 58.6 Å². The van der Waals surface area contributed by atoms with Gasteiger partial charge in [-0.05, 0) is 35.9 Å². The summed E-state index contributed by atoms with van der Waals surface area (Å²) in [6.07, 6.45) is 0. The molecule has 0 saturated heterocycles. The second-order valence-corrected chi connectivity index (χ2v) is 5.58. The Bertz CT molecular complexity index is 716. The summed E-state index contributed by atoms with van der Waals surface area (Å²) in [4.78, 5) is 25.4. The predicted molar refractivity (Wildman–Crippen MR) is 94.3 cm³/mol. The summed E-state index contributed by atoms with van der Waals surface area (Å²) in [6, 6.07) is 14.3. The molecule has 5 nitrogen and oxygen atoms in total. The summed E-state index contributed by atoms with van der Waals surface area (Å²) in [5.41, 5.74) is 1.46. The van der Waals surface area contributed by atoms with E-state index in [9.17, 15) is 9.59 Å². The molecule has 0 heterocycles. The van der Waals surface area contributed by atoms with Gasteiger partial charge in [0.15, 0.2) is 0 Å². The highest BCUT2D eigenvalue weighted by Gasteiger charge is 2.16. The Morgan fingerprint density at radius 2 is 1.79 bits per heavy atom. The highest BCUT2D eigenvalue weighted by Crippen LogP contribution is 2.19. The van der Waals surface area contributed by atoms with Crippen LogP contribution in [0.15, 0.2) is 48.5 Å². The van der Waals surface area contributed by atoms with Gasteiger partial charge in [-0.25, -0.2) is 0 Å². The zero-order valence-corrected chi connectivity index (χ0v) is 14.3. The molecule has 0 aromatic heterocycles. The molecule has 0 radical (unpaired) electrons. The molecule has 24 heavy (non-hydrogen) atoms. The first kappa shape index (κ1) is 17.8. The van der Waals surface area contributed by atoms with Crippen molar-refractivity contribution in [2.24, 2.45) is 0 Å². The van der Waals surface area contributed by atoms with Crippen molar-refractivity contribution in [3.8, 4) is 5.75 Å². The van der Waals surface area contributed by atoms with E-state index < -0.39 is 0 Å². The molecule has 0 fully saturated rings. The number of nitrogens with one attached hydrogen (secondary N) is 1. The number of benzene rings is 2. The van der Waals surface area contributed by atoms with Crippen LogP contribution in [0.3, 0.4) is 0 Å². The number of hydrogen-bond acceptors (Lipinski definition) is 3. The van der Waals surface area contributed by atoms with E-state index in [4.69, 9.17) is 16.3 Å². The van der Waals surface area contributed by atoms with Crippen LogP contribution in [0.2, 0.25) is 5.02 Å². The van der Waals surface area contributed by atoms with Crippen LogP contribution in [0.25, 0.3) is 0 Å². The van der Waals surface area contributed by atoms with Gasteiger partial charge < -0.3 is 15.0 Å². The maximum atomic E-state index is 12.2. The van der Waals surface area contributed by atoms with Crippen LogP contribution >= 0.6 is 11.6 Å². The van der Waals surface area contributed by atoms with Gasteiger partial charge in [0.2, 0.25) is 11.8 Å². The van der Waals surface area contributed by atoms with Gasteiger partial charge in [0, 0.05) is 24.2 Å². The molecule has 2 rings (SSSR count). The third-order valence-corrected chi connectivity index (χ3v) is 3.87. The van der Waals surface area contributed by atoms with Gasteiger partial charge >= 0.3 is 0 Å². The molecule has 0 bridgehead atoms. The van der Waals surface area contributed by atoms with Crippen molar-refractivity contribution < 1.29 is 14.3 Å².